The second-order valence-electron chi connectivity index (χ2n) is 26.8. The lowest BCUT2D eigenvalue weighted by Gasteiger charge is -2.22. The summed E-state index contributed by atoms with van der Waals surface area (Å²) in [7, 11) is -1.95. The predicted molar refractivity (Wildman–Crippen MR) is 342 cm³/mol. The molecule has 0 unspecified atom stereocenters. The average molecular weight is 1110 g/mol. The molecule has 2 N–H and O–H groups in total. The Kier molecular flexibility index (Phi) is 44.0. The van der Waals surface area contributed by atoms with Crippen LogP contribution in [0.25, 0.3) is 0 Å². The molecule has 0 saturated heterocycles. The maximum atomic E-state index is 12.1. The van der Waals surface area contributed by atoms with Crippen LogP contribution in [0.2, 0.25) is 0 Å². The molecule has 2 aromatic rings. The Labute approximate surface area is 486 Å². The van der Waals surface area contributed by atoms with E-state index in [0.717, 1.165) is 47.9 Å². The standard InChI is InChI=1S/C72H129O5P/c1-63-59-65(61-67(69(63)73)71(3,4)5)55-51-47-43-39-35-31-27-23-19-15-11-9-13-17-21-25-29-33-37-41-45-49-53-57-76-78(75)77-58-54-50-46-42-38-34-30-26-22-18-14-10-12-16-20-24-28-32-36-40-44-48-52-56-66-60-64(2)70(74)68(62-66)72(6,7)8/h59-62H,9-58H2,1-8H3,(H-,73,74)/p+1. The Bertz CT molecular complexity index is 1600. The van der Waals surface area contributed by atoms with E-state index >= 15 is 0 Å². The van der Waals surface area contributed by atoms with E-state index in [1.54, 1.807) is 0 Å². The smallest absolute Gasteiger partial charge is 0.507 e. The predicted octanol–water partition coefficient (Wildman–Crippen LogP) is 24.7. The van der Waals surface area contributed by atoms with Gasteiger partial charge >= 0.3 is 8.25 Å². The van der Waals surface area contributed by atoms with Gasteiger partial charge in [-0.05, 0) is 96.6 Å². The van der Waals surface area contributed by atoms with Gasteiger partial charge in [-0.25, -0.2) is 0 Å². The highest BCUT2D eigenvalue weighted by Gasteiger charge is 2.22. The summed E-state index contributed by atoms with van der Waals surface area (Å²) in [6.07, 6.45) is 64.8. The van der Waals surface area contributed by atoms with Crippen LogP contribution in [-0.2, 0) is 37.3 Å². The van der Waals surface area contributed by atoms with Crippen LogP contribution in [0.5, 0.6) is 11.5 Å². The highest BCUT2D eigenvalue weighted by atomic mass is 31.1. The topological polar surface area (TPSA) is 76.0 Å². The van der Waals surface area contributed by atoms with Crippen LogP contribution in [0.15, 0.2) is 24.3 Å². The van der Waals surface area contributed by atoms with Crippen LogP contribution in [0.3, 0.4) is 0 Å². The largest absolute Gasteiger partial charge is 0.697 e. The zero-order valence-corrected chi connectivity index (χ0v) is 54.1. The van der Waals surface area contributed by atoms with Crippen LogP contribution < -0.4 is 0 Å². The van der Waals surface area contributed by atoms with Gasteiger partial charge in [0.05, 0.1) is 0 Å². The Morgan fingerprint density at radius 2 is 0.487 bits per heavy atom. The van der Waals surface area contributed by atoms with Crippen molar-refractivity contribution in [3.05, 3.63) is 57.6 Å². The zero-order chi connectivity index (χ0) is 56.8. The minimum Gasteiger partial charge on any atom is -0.507 e. The highest BCUT2D eigenvalue weighted by Crippen LogP contribution is 2.36. The van der Waals surface area contributed by atoms with E-state index in [-0.39, 0.29) is 10.8 Å². The highest BCUT2D eigenvalue weighted by molar-refractivity contribution is 7.33. The van der Waals surface area contributed by atoms with Crippen LogP contribution >= 0.6 is 8.25 Å². The van der Waals surface area contributed by atoms with E-state index in [1.807, 2.05) is 13.8 Å². The summed E-state index contributed by atoms with van der Waals surface area (Å²) in [5.41, 5.74) is 6.94. The third kappa shape index (κ3) is 39.5. The molecule has 0 aliphatic rings. The summed E-state index contributed by atoms with van der Waals surface area (Å²) in [5.74, 6) is 0.959. The van der Waals surface area contributed by atoms with E-state index < -0.39 is 8.25 Å². The lowest BCUT2D eigenvalue weighted by atomic mass is 9.83. The molecule has 0 aliphatic carbocycles. The van der Waals surface area contributed by atoms with Crippen molar-refractivity contribution in [2.24, 2.45) is 0 Å². The first-order valence-electron chi connectivity index (χ1n) is 34.1. The van der Waals surface area contributed by atoms with Crippen molar-refractivity contribution >= 4 is 8.25 Å². The number of rotatable bonds is 54. The summed E-state index contributed by atoms with van der Waals surface area (Å²) < 4.78 is 23.0. The molecule has 0 fully saturated rings. The summed E-state index contributed by atoms with van der Waals surface area (Å²) in [4.78, 5) is 0. The number of unbranched alkanes of at least 4 members (excludes halogenated alkanes) is 44. The molecule has 2 rings (SSSR count). The van der Waals surface area contributed by atoms with Gasteiger partial charge in [0.25, 0.3) is 0 Å². The molecule has 0 spiro atoms. The molecule has 6 heteroatoms. The van der Waals surface area contributed by atoms with E-state index in [0.29, 0.717) is 24.7 Å². The maximum absolute atomic E-state index is 12.1. The van der Waals surface area contributed by atoms with Crippen molar-refractivity contribution in [1.29, 1.82) is 0 Å². The minimum absolute atomic E-state index is 0.0185. The molecule has 5 nitrogen and oxygen atoms in total. The molecule has 2 aromatic carbocycles. The fourth-order valence-corrected chi connectivity index (χ4v) is 12.4. The van der Waals surface area contributed by atoms with E-state index in [4.69, 9.17) is 9.05 Å². The van der Waals surface area contributed by atoms with Crippen LogP contribution in [0.1, 0.15) is 370 Å². The molecule has 0 bridgehead atoms. The van der Waals surface area contributed by atoms with Gasteiger partial charge < -0.3 is 10.2 Å². The van der Waals surface area contributed by atoms with Gasteiger partial charge in [-0.15, -0.1) is 9.05 Å². The first kappa shape index (κ1) is 72.2. The lowest BCUT2D eigenvalue weighted by molar-refractivity contribution is 0.218. The summed E-state index contributed by atoms with van der Waals surface area (Å²) >= 11 is 0. The minimum atomic E-state index is -1.95. The molecule has 0 aliphatic heterocycles. The van der Waals surface area contributed by atoms with Gasteiger partial charge in [0.15, 0.2) is 0 Å². The van der Waals surface area contributed by atoms with Crippen molar-refractivity contribution in [3.63, 3.8) is 0 Å². The van der Waals surface area contributed by atoms with E-state index in [2.05, 4.69) is 65.8 Å². The van der Waals surface area contributed by atoms with Crippen molar-refractivity contribution < 1.29 is 23.8 Å². The van der Waals surface area contributed by atoms with Gasteiger partial charge in [0.1, 0.15) is 24.7 Å². The van der Waals surface area contributed by atoms with Crippen molar-refractivity contribution in [2.45, 2.75) is 374 Å². The average Bonchev–Trinajstić information content (AvgIpc) is 3.45. The second-order valence-corrected chi connectivity index (χ2v) is 27.7. The summed E-state index contributed by atoms with van der Waals surface area (Å²) in [5, 5.41) is 21.0. The molecule has 0 atom stereocenters. The first-order valence-corrected chi connectivity index (χ1v) is 35.2. The number of benzene rings is 2. The van der Waals surface area contributed by atoms with Crippen molar-refractivity contribution in [2.75, 3.05) is 13.2 Å². The monoisotopic (exact) mass is 1110 g/mol. The quantitative estimate of drug-likeness (QED) is 0.0510. The van der Waals surface area contributed by atoms with Crippen LogP contribution in [0.4, 0.5) is 0 Å². The molecule has 0 amide bonds. The number of aryl methyl sites for hydroxylation is 4. The SMILES string of the molecule is Cc1cc(CCCCCCCCCCCCCCCCCCCCCCCCCO[P+](=O)OCCCCCCCCCCCCCCCCCCCCCCCCCc2cc(C)c(O)c(C(C)(C)C)c2)cc(C(C)(C)C)c1O. The van der Waals surface area contributed by atoms with Gasteiger partial charge in [0.2, 0.25) is 0 Å². The summed E-state index contributed by atoms with van der Waals surface area (Å²) in [6.45, 7) is 18.3. The molecule has 78 heavy (non-hydrogen) atoms. The molecule has 0 aromatic heterocycles. The number of phenols is 2. The Hall–Kier alpha value is -1.94. The number of phenolic OH excluding ortho intramolecular Hbond substituents is 2. The van der Waals surface area contributed by atoms with E-state index in [1.165, 1.54) is 294 Å². The normalized spacial score (nSPS) is 12.1. The third-order valence-corrected chi connectivity index (χ3v) is 17.7. The zero-order valence-electron chi connectivity index (χ0n) is 53.2. The number of hydrogen-bond donors (Lipinski definition) is 2. The third-order valence-electron chi connectivity index (χ3n) is 16.9. The van der Waals surface area contributed by atoms with E-state index in [9.17, 15) is 14.8 Å². The fourth-order valence-electron chi connectivity index (χ4n) is 11.7. The van der Waals surface area contributed by atoms with Crippen molar-refractivity contribution in [1.82, 2.24) is 0 Å². The molecule has 0 heterocycles. The molecular formula is C72H130O5P+. The van der Waals surface area contributed by atoms with Gasteiger partial charge in [-0.1, -0.05) is 335 Å². The van der Waals surface area contributed by atoms with Crippen LogP contribution in [-0.4, -0.2) is 23.4 Å². The van der Waals surface area contributed by atoms with Crippen molar-refractivity contribution in [3.8, 4) is 11.5 Å². The molecule has 0 saturated carbocycles. The Morgan fingerprint density at radius 1 is 0.308 bits per heavy atom. The van der Waals surface area contributed by atoms with Crippen LogP contribution in [0, 0.1) is 13.8 Å². The van der Waals surface area contributed by atoms with Gasteiger partial charge in [0, 0.05) is 4.57 Å². The Morgan fingerprint density at radius 3 is 0.679 bits per heavy atom. The molecule has 452 valence electrons. The maximum Gasteiger partial charge on any atom is 0.697 e. The second kappa shape index (κ2) is 47.5. The number of hydrogen-bond acceptors (Lipinski definition) is 5. The Balaban J connectivity index is 1.17. The van der Waals surface area contributed by atoms with Gasteiger partial charge in [-0.2, -0.15) is 0 Å². The molecular weight excluding hydrogens is 976 g/mol. The summed E-state index contributed by atoms with van der Waals surface area (Å²) in [6, 6.07) is 8.84. The molecule has 0 radical (unpaired) electrons. The fraction of sp³-hybridized carbons (Fsp3) is 0.833. The lowest BCUT2D eigenvalue weighted by Crippen LogP contribution is -2.12. The van der Waals surface area contributed by atoms with Gasteiger partial charge in [-0.3, -0.25) is 0 Å². The number of aromatic hydroxyl groups is 2. The first-order chi connectivity index (χ1) is 37.7.